The van der Waals surface area contributed by atoms with E-state index in [9.17, 15) is 9.59 Å². The van der Waals surface area contributed by atoms with Gasteiger partial charge in [0, 0.05) is 5.38 Å². The first-order chi connectivity index (χ1) is 6.29. The van der Waals surface area contributed by atoms with E-state index in [1.807, 2.05) is 0 Å². The molecule has 0 radical (unpaired) electrons. The Hall–Kier alpha value is -1.42. The van der Waals surface area contributed by atoms with Crippen LogP contribution in [0, 0.1) is 0 Å². The molecule has 1 aromatic heterocycles. The number of ether oxygens (including phenoxy) is 1. The first kappa shape index (κ1) is 9.67. The van der Waals surface area contributed by atoms with Crippen LogP contribution in [0.3, 0.4) is 0 Å². The third-order valence-corrected chi connectivity index (χ3v) is 2.21. The molecule has 0 atom stereocenters. The molecule has 0 saturated carbocycles. The number of allylic oxidation sites excluding steroid dienone is 1. The van der Waals surface area contributed by atoms with Crippen molar-refractivity contribution in [3.05, 3.63) is 28.0 Å². The van der Waals surface area contributed by atoms with Gasteiger partial charge in [-0.3, -0.25) is 4.79 Å². The van der Waals surface area contributed by atoms with E-state index >= 15 is 0 Å². The summed E-state index contributed by atoms with van der Waals surface area (Å²) in [6.07, 6.45) is 3.59. The minimum Gasteiger partial charge on any atom is -0.465 e. The highest BCUT2D eigenvalue weighted by Crippen LogP contribution is 2.17. The average Bonchev–Trinajstić information content (AvgIpc) is 2.61. The number of hydrogen-bond donors (Lipinski definition) is 0. The Kier molecular flexibility index (Phi) is 3.40. The summed E-state index contributed by atoms with van der Waals surface area (Å²) in [6.45, 7) is 0. The second kappa shape index (κ2) is 4.57. The van der Waals surface area contributed by atoms with E-state index in [4.69, 9.17) is 0 Å². The van der Waals surface area contributed by atoms with Gasteiger partial charge in [0.25, 0.3) is 0 Å². The van der Waals surface area contributed by atoms with Gasteiger partial charge in [0.2, 0.25) is 0 Å². The van der Waals surface area contributed by atoms with Crippen LogP contribution in [-0.4, -0.2) is 19.4 Å². The molecule has 1 aromatic rings. The summed E-state index contributed by atoms with van der Waals surface area (Å²) in [5.41, 5.74) is 1.20. The van der Waals surface area contributed by atoms with Crippen LogP contribution >= 0.6 is 11.3 Å². The zero-order valence-corrected chi connectivity index (χ0v) is 7.84. The highest BCUT2D eigenvalue weighted by molar-refractivity contribution is 7.08. The molecule has 0 N–H and O–H groups in total. The summed E-state index contributed by atoms with van der Waals surface area (Å²) < 4.78 is 4.56. The van der Waals surface area contributed by atoms with Crippen LogP contribution in [0.5, 0.6) is 0 Å². The summed E-state index contributed by atoms with van der Waals surface area (Å²) in [4.78, 5) is 21.2. The van der Waals surface area contributed by atoms with E-state index in [-0.39, 0.29) is 5.97 Å². The quantitative estimate of drug-likeness (QED) is 0.420. The largest absolute Gasteiger partial charge is 0.465 e. The van der Waals surface area contributed by atoms with Gasteiger partial charge in [-0.1, -0.05) is 6.08 Å². The topological polar surface area (TPSA) is 43.4 Å². The predicted octanol–water partition coefficient (Wildman–Crippen LogP) is 1.75. The monoisotopic (exact) mass is 196 g/mol. The molecule has 0 amide bonds. The predicted molar refractivity (Wildman–Crippen MR) is 50.8 cm³/mol. The van der Waals surface area contributed by atoms with Gasteiger partial charge < -0.3 is 4.74 Å². The lowest BCUT2D eigenvalue weighted by Crippen LogP contribution is -2.00. The Labute approximate surface area is 79.6 Å². The van der Waals surface area contributed by atoms with Crippen LogP contribution in [0.15, 0.2) is 16.8 Å². The minimum absolute atomic E-state index is 0.383. The molecule has 0 unspecified atom stereocenters. The molecular weight excluding hydrogens is 188 g/mol. The highest BCUT2D eigenvalue weighted by atomic mass is 32.1. The number of hydrogen-bond acceptors (Lipinski definition) is 4. The van der Waals surface area contributed by atoms with Gasteiger partial charge in [-0.2, -0.15) is 11.3 Å². The molecule has 0 bridgehead atoms. The average molecular weight is 196 g/mol. The molecule has 0 aliphatic rings. The van der Waals surface area contributed by atoms with Crippen molar-refractivity contribution in [2.75, 3.05) is 7.11 Å². The Morgan fingerprint density at radius 1 is 1.54 bits per heavy atom. The van der Waals surface area contributed by atoms with E-state index in [2.05, 4.69) is 4.74 Å². The molecule has 0 saturated heterocycles. The summed E-state index contributed by atoms with van der Waals surface area (Å²) in [6, 6.07) is 0. The summed E-state index contributed by atoms with van der Waals surface area (Å²) in [5.74, 6) is -0.383. The second-order valence-electron chi connectivity index (χ2n) is 2.23. The van der Waals surface area contributed by atoms with Gasteiger partial charge >= 0.3 is 5.97 Å². The maximum absolute atomic E-state index is 11.1. The third kappa shape index (κ3) is 2.26. The van der Waals surface area contributed by atoms with Crippen molar-refractivity contribution in [1.29, 1.82) is 0 Å². The molecule has 4 heteroatoms. The summed E-state index contributed by atoms with van der Waals surface area (Å²) >= 11 is 1.39. The normalized spacial score (nSPS) is 10.2. The van der Waals surface area contributed by atoms with Crippen molar-refractivity contribution in [1.82, 2.24) is 0 Å². The number of esters is 1. The van der Waals surface area contributed by atoms with Gasteiger partial charge in [-0.15, -0.1) is 0 Å². The van der Waals surface area contributed by atoms with Crippen molar-refractivity contribution < 1.29 is 14.3 Å². The SMILES string of the molecule is COC(=O)c1cscc1/C=C/C=O. The van der Waals surface area contributed by atoms with Gasteiger partial charge in [-0.05, 0) is 17.0 Å². The zero-order chi connectivity index (χ0) is 9.68. The molecule has 0 aliphatic heterocycles. The van der Waals surface area contributed by atoms with E-state index in [0.717, 1.165) is 0 Å². The first-order valence-electron chi connectivity index (χ1n) is 3.56. The third-order valence-electron chi connectivity index (χ3n) is 1.45. The molecule has 0 aliphatic carbocycles. The molecule has 68 valence electrons. The molecular formula is C9H8O3S. The van der Waals surface area contributed by atoms with Gasteiger partial charge in [-0.25, -0.2) is 4.79 Å². The number of carbonyl (C=O) groups excluding carboxylic acids is 2. The Balaban J connectivity index is 2.95. The highest BCUT2D eigenvalue weighted by Gasteiger charge is 2.09. The minimum atomic E-state index is -0.383. The van der Waals surface area contributed by atoms with Gasteiger partial charge in [0.15, 0.2) is 0 Å². The summed E-state index contributed by atoms with van der Waals surface area (Å²) in [7, 11) is 1.33. The smallest absolute Gasteiger partial charge is 0.339 e. The number of aldehydes is 1. The molecule has 3 nitrogen and oxygen atoms in total. The fourth-order valence-electron chi connectivity index (χ4n) is 0.855. The number of rotatable bonds is 3. The van der Waals surface area contributed by atoms with Crippen LogP contribution in [0.1, 0.15) is 15.9 Å². The van der Waals surface area contributed by atoms with Crippen molar-refractivity contribution in [3.63, 3.8) is 0 Å². The second-order valence-corrected chi connectivity index (χ2v) is 2.97. The standard InChI is InChI=1S/C9H8O3S/c1-12-9(11)8-6-13-5-7(8)3-2-4-10/h2-6H,1H3/b3-2+. The lowest BCUT2D eigenvalue weighted by molar-refractivity contribution is -0.104. The molecule has 0 aromatic carbocycles. The van der Waals surface area contributed by atoms with Crippen LogP contribution in [0.4, 0.5) is 0 Å². The zero-order valence-electron chi connectivity index (χ0n) is 7.02. The first-order valence-corrected chi connectivity index (χ1v) is 4.50. The van der Waals surface area contributed by atoms with Crippen molar-refractivity contribution in [2.24, 2.45) is 0 Å². The van der Waals surface area contributed by atoms with Crippen LogP contribution in [0.25, 0.3) is 6.08 Å². The molecule has 13 heavy (non-hydrogen) atoms. The maximum atomic E-state index is 11.1. The summed E-state index contributed by atoms with van der Waals surface area (Å²) in [5, 5.41) is 3.47. The molecule has 0 fully saturated rings. The van der Waals surface area contributed by atoms with Crippen LogP contribution < -0.4 is 0 Å². The van der Waals surface area contributed by atoms with Crippen LogP contribution in [-0.2, 0) is 9.53 Å². The van der Waals surface area contributed by atoms with E-state index in [0.29, 0.717) is 17.4 Å². The van der Waals surface area contributed by atoms with Crippen LogP contribution in [0.2, 0.25) is 0 Å². The molecule has 0 spiro atoms. The Morgan fingerprint density at radius 2 is 2.31 bits per heavy atom. The Morgan fingerprint density at radius 3 is 2.92 bits per heavy atom. The van der Waals surface area contributed by atoms with Crippen molar-refractivity contribution >= 4 is 29.7 Å². The fourth-order valence-corrected chi connectivity index (χ4v) is 1.64. The number of carbonyl (C=O) groups is 2. The van der Waals surface area contributed by atoms with E-state index in [1.165, 1.54) is 24.5 Å². The lowest BCUT2D eigenvalue weighted by atomic mass is 10.2. The molecule has 1 rings (SSSR count). The fraction of sp³-hybridized carbons (Fsp3) is 0.111. The lowest BCUT2D eigenvalue weighted by Gasteiger charge is -1.95. The number of thiophene rings is 1. The molecule has 1 heterocycles. The van der Waals surface area contributed by atoms with E-state index < -0.39 is 0 Å². The van der Waals surface area contributed by atoms with Gasteiger partial charge in [0.05, 0.1) is 12.7 Å². The van der Waals surface area contributed by atoms with Crippen molar-refractivity contribution in [2.45, 2.75) is 0 Å². The van der Waals surface area contributed by atoms with Crippen molar-refractivity contribution in [3.8, 4) is 0 Å². The Bertz CT molecular complexity index is 338. The maximum Gasteiger partial charge on any atom is 0.339 e. The number of methoxy groups -OCH3 is 1. The van der Waals surface area contributed by atoms with E-state index in [1.54, 1.807) is 16.8 Å². The van der Waals surface area contributed by atoms with Gasteiger partial charge in [0.1, 0.15) is 6.29 Å².